The van der Waals surface area contributed by atoms with Crippen LogP contribution in [0.25, 0.3) is 11.5 Å². The molecule has 0 spiro atoms. The summed E-state index contributed by atoms with van der Waals surface area (Å²) in [4.78, 5) is 35.5. The Morgan fingerprint density at radius 3 is 2.82 bits per heavy atom. The van der Waals surface area contributed by atoms with Crippen molar-refractivity contribution in [3.05, 3.63) is 42.2 Å². The van der Waals surface area contributed by atoms with Crippen LogP contribution in [0.1, 0.15) is 27.4 Å². The highest BCUT2D eigenvalue weighted by atomic mass is 16.5. The second-order valence-corrected chi connectivity index (χ2v) is 8.20. The molecular weight excluding hydrogens is 442 g/mol. The number of pyridine rings is 1. The molecule has 0 aliphatic carbocycles. The van der Waals surface area contributed by atoms with Gasteiger partial charge in [-0.25, -0.2) is 9.97 Å². The summed E-state index contributed by atoms with van der Waals surface area (Å²) in [5.74, 6) is 0.101. The van der Waals surface area contributed by atoms with Crippen LogP contribution in [0.4, 0.5) is 11.5 Å². The number of carbonyl (C=O) groups is 2. The molecule has 12 heteroatoms. The van der Waals surface area contributed by atoms with Crippen LogP contribution < -0.4 is 16.0 Å². The fraction of sp³-hybridized carbons (Fsp3) is 0.409. The summed E-state index contributed by atoms with van der Waals surface area (Å²) in [6.45, 7) is 4.70. The number of ether oxygens (including phenoxy) is 2. The number of hydrogen-bond acceptors (Lipinski definition) is 9. The lowest BCUT2D eigenvalue weighted by atomic mass is 10.1. The molecule has 2 fully saturated rings. The average Bonchev–Trinajstić information content (AvgIpc) is 3.61. The summed E-state index contributed by atoms with van der Waals surface area (Å²) < 4.78 is 17.9. The molecule has 2 aliphatic rings. The summed E-state index contributed by atoms with van der Waals surface area (Å²) in [6.07, 6.45) is 5.45. The van der Waals surface area contributed by atoms with Gasteiger partial charge in [-0.2, -0.15) is 5.10 Å². The lowest BCUT2D eigenvalue weighted by Gasteiger charge is -2.27. The molecule has 2 saturated heterocycles. The molecule has 2 aliphatic heterocycles. The predicted molar refractivity (Wildman–Crippen MR) is 120 cm³/mol. The van der Waals surface area contributed by atoms with Gasteiger partial charge in [0.05, 0.1) is 25.5 Å². The maximum Gasteiger partial charge on any atom is 0.277 e. The van der Waals surface area contributed by atoms with Gasteiger partial charge in [0.25, 0.3) is 11.8 Å². The van der Waals surface area contributed by atoms with E-state index in [1.807, 2.05) is 6.07 Å². The first kappa shape index (κ1) is 22.0. The van der Waals surface area contributed by atoms with E-state index in [2.05, 4.69) is 25.3 Å². The molecule has 178 valence electrons. The number of carbonyl (C=O) groups excluding carboxylic acids is 2. The van der Waals surface area contributed by atoms with Crippen LogP contribution in [0.3, 0.4) is 0 Å². The molecule has 1 atom stereocenters. The van der Waals surface area contributed by atoms with E-state index in [4.69, 9.17) is 19.6 Å². The Labute approximate surface area is 195 Å². The summed E-state index contributed by atoms with van der Waals surface area (Å²) in [7, 11) is 0. The predicted octanol–water partition coefficient (Wildman–Crippen LogP) is 1.16. The van der Waals surface area contributed by atoms with E-state index in [-0.39, 0.29) is 23.0 Å². The molecular formula is C22H25N7O5. The van der Waals surface area contributed by atoms with E-state index < -0.39 is 11.8 Å². The first-order valence-electron chi connectivity index (χ1n) is 11.1. The number of nitrogens with zero attached hydrogens (tertiary/aromatic N) is 5. The van der Waals surface area contributed by atoms with Crippen LogP contribution in [0.15, 0.2) is 35.2 Å². The number of nitrogens with one attached hydrogen (secondary N) is 1. The third-order valence-electron chi connectivity index (χ3n) is 5.78. The number of hydrogen-bond donors (Lipinski definition) is 2. The molecule has 1 unspecified atom stereocenters. The van der Waals surface area contributed by atoms with Crippen LogP contribution >= 0.6 is 0 Å². The normalized spacial score (nSPS) is 18.2. The first-order valence-corrected chi connectivity index (χ1v) is 11.1. The van der Waals surface area contributed by atoms with Crippen LogP contribution in [0.5, 0.6) is 0 Å². The molecule has 0 aromatic carbocycles. The highest BCUT2D eigenvalue weighted by Gasteiger charge is 2.22. The van der Waals surface area contributed by atoms with E-state index in [9.17, 15) is 9.59 Å². The minimum absolute atomic E-state index is 0.0136. The van der Waals surface area contributed by atoms with Crippen molar-refractivity contribution in [3.8, 4) is 11.5 Å². The van der Waals surface area contributed by atoms with Crippen molar-refractivity contribution >= 4 is 23.3 Å². The van der Waals surface area contributed by atoms with E-state index in [1.54, 1.807) is 23.1 Å². The summed E-state index contributed by atoms with van der Waals surface area (Å²) in [6, 6.07) is 3.63. The van der Waals surface area contributed by atoms with Crippen molar-refractivity contribution in [1.29, 1.82) is 0 Å². The molecule has 3 N–H and O–H groups in total. The highest BCUT2D eigenvalue weighted by molar-refractivity contribution is 6.07. The highest BCUT2D eigenvalue weighted by Crippen LogP contribution is 2.24. The molecule has 12 nitrogen and oxygen atoms in total. The van der Waals surface area contributed by atoms with Crippen molar-refractivity contribution in [2.45, 2.75) is 13.0 Å². The number of anilines is 2. The molecule has 0 saturated carbocycles. The van der Waals surface area contributed by atoms with Gasteiger partial charge in [0, 0.05) is 50.1 Å². The number of primary amides is 1. The lowest BCUT2D eigenvalue weighted by molar-refractivity contribution is 0.0995. The molecule has 2 amide bonds. The van der Waals surface area contributed by atoms with Gasteiger partial charge < -0.3 is 29.8 Å². The molecule has 5 heterocycles. The first-order chi connectivity index (χ1) is 16.6. The van der Waals surface area contributed by atoms with Gasteiger partial charge in [-0.3, -0.25) is 14.3 Å². The summed E-state index contributed by atoms with van der Waals surface area (Å²) in [5, 5.41) is 6.90. The Balaban J connectivity index is 1.31. The van der Waals surface area contributed by atoms with Gasteiger partial charge in [-0.05, 0) is 18.6 Å². The van der Waals surface area contributed by atoms with Crippen molar-refractivity contribution in [2.24, 2.45) is 11.7 Å². The SMILES string of the molecule is NC(=O)c1nn(CC2CCOC2)cc1NC(=O)c1coc(-c2ccnc(N3CCOCC3)c2)n1. The molecule has 5 rings (SSSR count). The van der Waals surface area contributed by atoms with Gasteiger partial charge in [-0.1, -0.05) is 0 Å². The van der Waals surface area contributed by atoms with Crippen LogP contribution in [0.2, 0.25) is 0 Å². The Morgan fingerprint density at radius 2 is 2.06 bits per heavy atom. The molecule has 3 aromatic rings. The van der Waals surface area contributed by atoms with E-state index in [0.29, 0.717) is 44.5 Å². The minimum atomic E-state index is -0.731. The second-order valence-electron chi connectivity index (χ2n) is 8.20. The van der Waals surface area contributed by atoms with Gasteiger partial charge in [0.2, 0.25) is 5.89 Å². The summed E-state index contributed by atoms with van der Waals surface area (Å²) in [5.41, 5.74) is 6.43. The maximum atomic E-state index is 12.8. The molecule has 0 radical (unpaired) electrons. The quantitative estimate of drug-likeness (QED) is 0.521. The third-order valence-corrected chi connectivity index (χ3v) is 5.78. The van der Waals surface area contributed by atoms with Crippen LogP contribution in [0, 0.1) is 5.92 Å². The second kappa shape index (κ2) is 9.61. The van der Waals surface area contributed by atoms with E-state index in [1.165, 1.54) is 6.26 Å². The Morgan fingerprint density at radius 1 is 1.21 bits per heavy atom. The monoisotopic (exact) mass is 467 g/mol. The Kier molecular flexibility index (Phi) is 6.23. The van der Waals surface area contributed by atoms with E-state index in [0.717, 1.165) is 25.3 Å². The van der Waals surface area contributed by atoms with Crippen LogP contribution in [-0.4, -0.2) is 71.1 Å². The Bertz CT molecular complexity index is 1180. The zero-order valence-electron chi connectivity index (χ0n) is 18.5. The number of morpholine rings is 1. The van der Waals surface area contributed by atoms with Crippen LogP contribution in [-0.2, 0) is 16.0 Å². The minimum Gasteiger partial charge on any atom is -0.444 e. The zero-order valence-corrected chi connectivity index (χ0v) is 18.5. The topological polar surface area (TPSA) is 151 Å². The number of oxazole rings is 1. The maximum absolute atomic E-state index is 12.8. The number of rotatable bonds is 7. The van der Waals surface area contributed by atoms with Crippen molar-refractivity contribution in [3.63, 3.8) is 0 Å². The molecule has 34 heavy (non-hydrogen) atoms. The molecule has 3 aromatic heterocycles. The molecule has 0 bridgehead atoms. The summed E-state index contributed by atoms with van der Waals surface area (Å²) >= 11 is 0. The lowest BCUT2D eigenvalue weighted by Crippen LogP contribution is -2.36. The third kappa shape index (κ3) is 4.77. The fourth-order valence-corrected chi connectivity index (χ4v) is 3.99. The van der Waals surface area contributed by atoms with Gasteiger partial charge >= 0.3 is 0 Å². The van der Waals surface area contributed by atoms with Gasteiger partial charge in [-0.15, -0.1) is 0 Å². The number of aromatic nitrogens is 4. The van der Waals surface area contributed by atoms with Crippen molar-refractivity contribution < 1.29 is 23.5 Å². The smallest absolute Gasteiger partial charge is 0.277 e. The number of amides is 2. The van der Waals surface area contributed by atoms with Gasteiger partial charge in [0.15, 0.2) is 11.4 Å². The zero-order chi connectivity index (χ0) is 23.5. The van der Waals surface area contributed by atoms with Crippen molar-refractivity contribution in [1.82, 2.24) is 19.7 Å². The van der Waals surface area contributed by atoms with Crippen molar-refractivity contribution in [2.75, 3.05) is 49.7 Å². The Hall–Kier alpha value is -3.77. The standard InChI is InChI=1S/C22H25N7O5/c23-20(30)19-16(11-29(27-19)10-14-2-6-33-12-14)25-21(31)17-13-34-22(26-17)15-1-3-24-18(9-15)28-4-7-32-8-5-28/h1,3,9,11,13-14H,2,4-8,10,12H2,(H2,23,30)(H,25,31). The largest absolute Gasteiger partial charge is 0.444 e. The van der Waals surface area contributed by atoms with E-state index >= 15 is 0 Å². The number of nitrogens with two attached hydrogens (primary N) is 1. The fourth-order valence-electron chi connectivity index (χ4n) is 3.99. The van der Waals surface area contributed by atoms with Gasteiger partial charge in [0.1, 0.15) is 12.1 Å². The average molecular weight is 467 g/mol.